The van der Waals surface area contributed by atoms with Crippen LogP contribution in [0.15, 0.2) is 24.3 Å². The Labute approximate surface area is 143 Å². The van der Waals surface area contributed by atoms with Crippen LogP contribution in [0.3, 0.4) is 0 Å². The molecule has 0 bridgehead atoms. The fourth-order valence-electron chi connectivity index (χ4n) is 3.62. The number of nitrogens with zero attached hydrogens (tertiary/aromatic N) is 1. The van der Waals surface area contributed by atoms with E-state index in [-0.39, 0.29) is 24.7 Å². The van der Waals surface area contributed by atoms with Gasteiger partial charge in [0, 0.05) is 37.3 Å². The lowest BCUT2D eigenvalue weighted by Crippen LogP contribution is -2.46. The summed E-state index contributed by atoms with van der Waals surface area (Å²) in [4.78, 5) is 14.8. The second-order valence-electron chi connectivity index (χ2n) is 6.72. The topological polar surface area (TPSA) is 87.8 Å². The van der Waals surface area contributed by atoms with Crippen LogP contribution in [0.5, 0.6) is 0 Å². The smallest absolute Gasteiger partial charge is 0.251 e. The van der Waals surface area contributed by atoms with Crippen molar-refractivity contribution in [2.45, 2.75) is 37.5 Å². The number of benzene rings is 1. The third-order valence-electron chi connectivity index (χ3n) is 4.93. The minimum Gasteiger partial charge on any atom is -0.396 e. The van der Waals surface area contributed by atoms with Gasteiger partial charge in [-0.15, -0.1) is 0 Å². The lowest BCUT2D eigenvalue weighted by atomic mass is 10.1. The van der Waals surface area contributed by atoms with Crippen LogP contribution >= 0.6 is 0 Å². The lowest BCUT2D eigenvalue weighted by molar-refractivity contribution is -0.0566. The second kappa shape index (κ2) is 8.07. The second-order valence-corrected chi connectivity index (χ2v) is 6.72. The molecule has 3 atom stereocenters. The summed E-state index contributed by atoms with van der Waals surface area (Å²) in [6, 6.07) is 8.19. The predicted molar refractivity (Wildman–Crippen MR) is 91.9 cm³/mol. The van der Waals surface area contributed by atoms with Crippen LogP contribution in [-0.2, 0) is 11.2 Å². The third-order valence-corrected chi connectivity index (χ3v) is 4.93. The zero-order valence-corrected chi connectivity index (χ0v) is 14.0. The number of ether oxygens (including phenoxy) is 1. The van der Waals surface area contributed by atoms with Gasteiger partial charge in [0.1, 0.15) is 0 Å². The summed E-state index contributed by atoms with van der Waals surface area (Å²) >= 11 is 0. The highest BCUT2D eigenvalue weighted by atomic mass is 16.5. The van der Waals surface area contributed by atoms with Crippen molar-refractivity contribution >= 4 is 5.91 Å². The van der Waals surface area contributed by atoms with Crippen LogP contribution in [0.25, 0.3) is 0 Å². The standard InChI is InChI=1S/C18H27N3O3/c19-7-5-13-1-3-14(4-2-13)18(23)20-15-9-16-12-24-17(6-8-22)11-21(16)10-15/h1-4,15-17,22H,5-12,19H2,(H,20,23)/t15-,16+,17+/m1/s1. The van der Waals surface area contributed by atoms with Crippen LogP contribution < -0.4 is 11.1 Å². The molecule has 0 aromatic heterocycles. The van der Waals surface area contributed by atoms with Gasteiger partial charge in [-0.1, -0.05) is 12.1 Å². The number of morpholine rings is 1. The number of nitrogens with two attached hydrogens (primary N) is 1. The first-order chi connectivity index (χ1) is 11.7. The number of carbonyl (C=O) groups is 1. The summed E-state index contributed by atoms with van der Waals surface area (Å²) in [6.07, 6.45) is 2.53. The van der Waals surface area contributed by atoms with Gasteiger partial charge in [-0.05, 0) is 43.5 Å². The van der Waals surface area contributed by atoms with Gasteiger partial charge in [0.15, 0.2) is 0 Å². The Morgan fingerprint density at radius 2 is 2.12 bits per heavy atom. The number of nitrogens with one attached hydrogen (secondary N) is 1. The number of aliphatic hydroxyl groups excluding tert-OH is 1. The number of aliphatic hydroxyl groups is 1. The zero-order chi connectivity index (χ0) is 16.9. The van der Waals surface area contributed by atoms with E-state index < -0.39 is 0 Å². The molecule has 2 fully saturated rings. The van der Waals surface area contributed by atoms with Crippen LogP contribution in [0.1, 0.15) is 28.8 Å². The molecule has 132 valence electrons. The lowest BCUT2D eigenvalue weighted by Gasteiger charge is -2.34. The molecule has 1 aromatic carbocycles. The minimum atomic E-state index is -0.0213. The van der Waals surface area contributed by atoms with Gasteiger partial charge in [0.05, 0.1) is 12.7 Å². The maximum absolute atomic E-state index is 12.4. The van der Waals surface area contributed by atoms with Crippen molar-refractivity contribution in [3.63, 3.8) is 0 Å². The molecule has 6 heteroatoms. The minimum absolute atomic E-state index is 0.0213. The number of amides is 1. The quantitative estimate of drug-likeness (QED) is 0.689. The van der Waals surface area contributed by atoms with E-state index in [1.807, 2.05) is 24.3 Å². The third kappa shape index (κ3) is 4.13. The summed E-state index contributed by atoms with van der Waals surface area (Å²) < 4.78 is 5.78. The first-order valence-corrected chi connectivity index (χ1v) is 8.76. The molecule has 1 amide bonds. The molecule has 0 radical (unpaired) electrons. The van der Waals surface area contributed by atoms with Gasteiger partial charge >= 0.3 is 0 Å². The van der Waals surface area contributed by atoms with E-state index in [1.54, 1.807) is 0 Å². The maximum atomic E-state index is 12.4. The Bertz CT molecular complexity index is 549. The summed E-state index contributed by atoms with van der Waals surface area (Å²) in [6.45, 7) is 3.15. The van der Waals surface area contributed by atoms with Crippen molar-refractivity contribution in [2.24, 2.45) is 5.73 Å². The molecular weight excluding hydrogens is 306 g/mol. The van der Waals surface area contributed by atoms with Gasteiger partial charge in [0.2, 0.25) is 0 Å². The van der Waals surface area contributed by atoms with Crippen LogP contribution in [0, 0.1) is 0 Å². The predicted octanol–water partition coefficient (Wildman–Crippen LogP) is 0.142. The Hall–Kier alpha value is -1.47. The fraction of sp³-hybridized carbons (Fsp3) is 0.611. The average molecular weight is 333 g/mol. The molecule has 2 aliphatic heterocycles. The van der Waals surface area contributed by atoms with Gasteiger partial charge in [-0.2, -0.15) is 0 Å². The molecule has 2 heterocycles. The van der Waals surface area contributed by atoms with Crippen LogP contribution in [0.2, 0.25) is 0 Å². The highest BCUT2D eigenvalue weighted by molar-refractivity contribution is 5.94. The monoisotopic (exact) mass is 333 g/mol. The highest BCUT2D eigenvalue weighted by Crippen LogP contribution is 2.24. The van der Waals surface area contributed by atoms with E-state index in [9.17, 15) is 4.79 Å². The molecule has 1 aromatic rings. The fourth-order valence-corrected chi connectivity index (χ4v) is 3.62. The molecule has 0 spiro atoms. The molecular formula is C18H27N3O3. The summed E-state index contributed by atoms with van der Waals surface area (Å²) in [5, 5.41) is 12.2. The summed E-state index contributed by atoms with van der Waals surface area (Å²) in [7, 11) is 0. The Kier molecular flexibility index (Phi) is 5.84. The Morgan fingerprint density at radius 3 is 2.83 bits per heavy atom. The SMILES string of the molecule is NCCc1ccc(C(=O)N[C@@H]2C[C@H]3CO[C@@H](CCO)CN3C2)cc1. The molecule has 0 saturated carbocycles. The zero-order valence-electron chi connectivity index (χ0n) is 14.0. The highest BCUT2D eigenvalue weighted by Gasteiger charge is 2.37. The number of hydrogen-bond donors (Lipinski definition) is 3. The van der Waals surface area contributed by atoms with Crippen molar-refractivity contribution in [2.75, 3.05) is 32.8 Å². The van der Waals surface area contributed by atoms with Crippen LogP contribution in [-0.4, -0.2) is 66.9 Å². The van der Waals surface area contributed by atoms with E-state index in [2.05, 4.69) is 10.2 Å². The molecule has 3 rings (SSSR count). The molecule has 24 heavy (non-hydrogen) atoms. The van der Waals surface area contributed by atoms with Crippen molar-refractivity contribution in [1.82, 2.24) is 10.2 Å². The van der Waals surface area contributed by atoms with Gasteiger partial charge in [-0.3, -0.25) is 9.69 Å². The van der Waals surface area contributed by atoms with Gasteiger partial charge in [-0.25, -0.2) is 0 Å². The number of carbonyl (C=O) groups excluding carboxylic acids is 1. The number of hydrogen-bond acceptors (Lipinski definition) is 5. The first kappa shape index (κ1) is 17.4. The molecule has 2 saturated heterocycles. The number of rotatable bonds is 6. The normalized spacial score (nSPS) is 27.0. The first-order valence-electron chi connectivity index (χ1n) is 8.76. The Balaban J connectivity index is 1.52. The van der Waals surface area contributed by atoms with E-state index in [1.165, 1.54) is 0 Å². The molecule has 2 aliphatic rings. The largest absolute Gasteiger partial charge is 0.396 e. The van der Waals surface area contributed by atoms with Gasteiger partial charge < -0.3 is 20.9 Å². The van der Waals surface area contributed by atoms with Crippen molar-refractivity contribution in [3.05, 3.63) is 35.4 Å². The van der Waals surface area contributed by atoms with E-state index >= 15 is 0 Å². The molecule has 6 nitrogen and oxygen atoms in total. The maximum Gasteiger partial charge on any atom is 0.251 e. The van der Waals surface area contributed by atoms with E-state index in [4.69, 9.17) is 15.6 Å². The van der Waals surface area contributed by atoms with E-state index in [0.717, 1.165) is 31.5 Å². The summed E-state index contributed by atoms with van der Waals surface area (Å²) in [5.74, 6) is -0.0213. The molecule has 0 aliphatic carbocycles. The average Bonchev–Trinajstić information content (AvgIpc) is 2.97. The van der Waals surface area contributed by atoms with Crippen molar-refractivity contribution in [1.29, 1.82) is 0 Å². The van der Waals surface area contributed by atoms with Gasteiger partial charge in [0.25, 0.3) is 5.91 Å². The summed E-state index contributed by atoms with van der Waals surface area (Å²) in [5.41, 5.74) is 7.39. The molecule has 4 N–H and O–H groups in total. The molecule has 0 unspecified atom stereocenters. The Morgan fingerprint density at radius 1 is 1.33 bits per heavy atom. The van der Waals surface area contributed by atoms with E-state index in [0.29, 0.717) is 31.2 Å². The number of fused-ring (bicyclic) bond motifs is 1. The van der Waals surface area contributed by atoms with Crippen LogP contribution in [0.4, 0.5) is 0 Å². The van der Waals surface area contributed by atoms with Crippen molar-refractivity contribution in [3.8, 4) is 0 Å². The van der Waals surface area contributed by atoms with Crippen molar-refractivity contribution < 1.29 is 14.6 Å².